The predicted octanol–water partition coefficient (Wildman–Crippen LogP) is 4.49. The number of rotatable bonds is 6. The van der Waals surface area contributed by atoms with Crippen LogP contribution in [-0.2, 0) is 6.42 Å². The van der Waals surface area contributed by atoms with Crippen LogP contribution in [0.4, 0.5) is 0 Å². The number of carboxylic acid groups (broad SMARTS) is 1. The topological polar surface area (TPSA) is 63.1 Å². The molecule has 4 nitrogen and oxygen atoms in total. The molecule has 25 heavy (non-hydrogen) atoms. The Morgan fingerprint density at radius 1 is 1.00 bits per heavy atom. The zero-order valence-corrected chi connectivity index (χ0v) is 14.7. The standard InChI is InChI=1S/C20H18N2O2S/c1-14-17(20(23)24)19(25-13-12-15-8-4-2-5-9-15)22-18(21-14)16-10-6-3-7-11-16/h2-11H,12-13H2,1H3,(H,23,24). The minimum Gasteiger partial charge on any atom is -0.478 e. The quantitative estimate of drug-likeness (QED) is 0.524. The normalized spacial score (nSPS) is 10.6. The van der Waals surface area contributed by atoms with E-state index in [-0.39, 0.29) is 5.56 Å². The van der Waals surface area contributed by atoms with Crippen LogP contribution in [0.2, 0.25) is 0 Å². The van der Waals surface area contributed by atoms with Crippen LogP contribution in [0.3, 0.4) is 0 Å². The maximum atomic E-state index is 11.6. The Morgan fingerprint density at radius 2 is 1.64 bits per heavy atom. The Balaban J connectivity index is 1.87. The summed E-state index contributed by atoms with van der Waals surface area (Å²) in [5.74, 6) is 0.333. The Morgan fingerprint density at radius 3 is 2.28 bits per heavy atom. The van der Waals surface area contributed by atoms with Gasteiger partial charge in [-0.15, -0.1) is 11.8 Å². The van der Waals surface area contributed by atoms with E-state index in [1.54, 1.807) is 6.92 Å². The summed E-state index contributed by atoms with van der Waals surface area (Å²) in [4.78, 5) is 20.5. The van der Waals surface area contributed by atoms with Gasteiger partial charge in [0.2, 0.25) is 0 Å². The lowest BCUT2D eigenvalue weighted by Gasteiger charge is -2.10. The molecule has 2 aromatic carbocycles. The third-order valence-corrected chi connectivity index (χ3v) is 4.75. The van der Waals surface area contributed by atoms with Crippen molar-refractivity contribution in [3.63, 3.8) is 0 Å². The number of carbonyl (C=O) groups is 1. The minimum atomic E-state index is -0.987. The van der Waals surface area contributed by atoms with Crippen molar-refractivity contribution >= 4 is 17.7 Å². The van der Waals surface area contributed by atoms with E-state index < -0.39 is 5.97 Å². The molecule has 0 atom stereocenters. The highest BCUT2D eigenvalue weighted by Crippen LogP contribution is 2.27. The van der Waals surface area contributed by atoms with Gasteiger partial charge in [0.1, 0.15) is 10.6 Å². The maximum absolute atomic E-state index is 11.6. The molecule has 0 aliphatic rings. The summed E-state index contributed by atoms with van der Waals surface area (Å²) in [6, 6.07) is 19.7. The Bertz CT molecular complexity index is 868. The van der Waals surface area contributed by atoms with Crippen molar-refractivity contribution in [1.82, 2.24) is 9.97 Å². The molecule has 0 unspecified atom stereocenters. The number of nitrogens with zero attached hydrogens (tertiary/aromatic N) is 2. The summed E-state index contributed by atoms with van der Waals surface area (Å²) in [6.45, 7) is 1.72. The number of hydrogen-bond acceptors (Lipinski definition) is 4. The Kier molecular flexibility index (Phi) is 5.46. The van der Waals surface area contributed by atoms with Crippen LogP contribution < -0.4 is 0 Å². The first-order chi connectivity index (χ1) is 12.1. The lowest BCUT2D eigenvalue weighted by atomic mass is 10.2. The number of aromatic carboxylic acids is 1. The van der Waals surface area contributed by atoms with Crippen molar-refractivity contribution in [1.29, 1.82) is 0 Å². The van der Waals surface area contributed by atoms with Crippen LogP contribution in [0, 0.1) is 6.92 Å². The highest BCUT2D eigenvalue weighted by Gasteiger charge is 2.18. The van der Waals surface area contributed by atoms with Crippen molar-refractivity contribution in [2.24, 2.45) is 0 Å². The fourth-order valence-corrected chi connectivity index (χ4v) is 3.59. The molecule has 3 rings (SSSR count). The molecule has 0 fully saturated rings. The monoisotopic (exact) mass is 350 g/mol. The van der Waals surface area contributed by atoms with Crippen LogP contribution >= 0.6 is 11.8 Å². The second-order valence-electron chi connectivity index (χ2n) is 5.57. The van der Waals surface area contributed by atoms with E-state index in [1.165, 1.54) is 17.3 Å². The second-order valence-corrected chi connectivity index (χ2v) is 6.65. The van der Waals surface area contributed by atoms with Gasteiger partial charge >= 0.3 is 5.97 Å². The van der Waals surface area contributed by atoms with Gasteiger partial charge in [-0.2, -0.15) is 0 Å². The molecule has 0 aliphatic heterocycles. The largest absolute Gasteiger partial charge is 0.478 e. The fourth-order valence-electron chi connectivity index (χ4n) is 2.52. The van der Waals surface area contributed by atoms with E-state index in [2.05, 4.69) is 22.1 Å². The van der Waals surface area contributed by atoms with E-state index in [0.29, 0.717) is 16.5 Å². The molecule has 1 heterocycles. The van der Waals surface area contributed by atoms with Crippen LogP contribution in [-0.4, -0.2) is 26.8 Å². The van der Waals surface area contributed by atoms with E-state index >= 15 is 0 Å². The number of hydrogen-bond donors (Lipinski definition) is 1. The molecule has 0 bridgehead atoms. The first kappa shape index (κ1) is 17.2. The average Bonchev–Trinajstić information content (AvgIpc) is 2.62. The van der Waals surface area contributed by atoms with Crippen LogP contribution in [0.1, 0.15) is 21.6 Å². The van der Waals surface area contributed by atoms with Gasteiger partial charge in [0.15, 0.2) is 5.82 Å². The van der Waals surface area contributed by atoms with Crippen molar-refractivity contribution < 1.29 is 9.90 Å². The second kappa shape index (κ2) is 7.94. The maximum Gasteiger partial charge on any atom is 0.340 e. The van der Waals surface area contributed by atoms with Crippen LogP contribution in [0.25, 0.3) is 11.4 Å². The molecule has 1 aromatic heterocycles. The highest BCUT2D eigenvalue weighted by molar-refractivity contribution is 7.99. The molecule has 0 aliphatic carbocycles. The van der Waals surface area contributed by atoms with Gasteiger partial charge < -0.3 is 5.11 Å². The van der Waals surface area contributed by atoms with Gasteiger partial charge in [0.05, 0.1) is 5.69 Å². The first-order valence-corrected chi connectivity index (χ1v) is 8.98. The van der Waals surface area contributed by atoms with Crippen LogP contribution in [0.5, 0.6) is 0 Å². The molecule has 1 N–H and O–H groups in total. The van der Waals surface area contributed by atoms with Crippen molar-refractivity contribution in [3.8, 4) is 11.4 Å². The summed E-state index contributed by atoms with van der Waals surface area (Å²) < 4.78 is 0. The summed E-state index contributed by atoms with van der Waals surface area (Å²) in [5, 5.41) is 10.1. The summed E-state index contributed by atoms with van der Waals surface area (Å²) in [7, 11) is 0. The van der Waals surface area contributed by atoms with Gasteiger partial charge in [-0.05, 0) is 18.9 Å². The van der Waals surface area contributed by atoms with E-state index in [0.717, 1.165) is 17.7 Å². The Labute approximate surface area is 151 Å². The van der Waals surface area contributed by atoms with Gasteiger partial charge in [-0.3, -0.25) is 0 Å². The lowest BCUT2D eigenvalue weighted by molar-refractivity contribution is 0.0691. The zero-order valence-electron chi connectivity index (χ0n) is 13.8. The highest BCUT2D eigenvalue weighted by atomic mass is 32.2. The van der Waals surface area contributed by atoms with Crippen molar-refractivity contribution in [3.05, 3.63) is 77.5 Å². The average molecular weight is 350 g/mol. The number of aryl methyl sites for hydroxylation is 2. The number of benzene rings is 2. The molecule has 0 saturated carbocycles. The predicted molar refractivity (Wildman–Crippen MR) is 100 cm³/mol. The minimum absolute atomic E-state index is 0.192. The van der Waals surface area contributed by atoms with E-state index in [4.69, 9.17) is 0 Å². The van der Waals surface area contributed by atoms with Gasteiger partial charge in [0, 0.05) is 11.3 Å². The van der Waals surface area contributed by atoms with Crippen molar-refractivity contribution in [2.45, 2.75) is 18.4 Å². The van der Waals surface area contributed by atoms with E-state index in [9.17, 15) is 9.90 Å². The van der Waals surface area contributed by atoms with Crippen molar-refractivity contribution in [2.75, 3.05) is 5.75 Å². The van der Waals surface area contributed by atoms with E-state index in [1.807, 2.05) is 48.5 Å². The summed E-state index contributed by atoms with van der Waals surface area (Å²) in [5.41, 5.74) is 2.79. The van der Waals surface area contributed by atoms with Crippen LogP contribution in [0.15, 0.2) is 65.7 Å². The molecule has 0 amide bonds. The molecule has 0 spiro atoms. The van der Waals surface area contributed by atoms with Gasteiger partial charge in [-0.25, -0.2) is 14.8 Å². The Hall–Kier alpha value is -2.66. The van der Waals surface area contributed by atoms with Gasteiger partial charge in [0.25, 0.3) is 0 Å². The molecule has 126 valence electrons. The molecule has 5 heteroatoms. The molecule has 0 radical (unpaired) electrons. The first-order valence-electron chi connectivity index (χ1n) is 7.99. The summed E-state index contributed by atoms with van der Waals surface area (Å²) in [6.07, 6.45) is 0.855. The zero-order chi connectivity index (χ0) is 17.6. The summed E-state index contributed by atoms with van der Waals surface area (Å²) >= 11 is 1.46. The SMILES string of the molecule is Cc1nc(-c2ccccc2)nc(SCCc2ccccc2)c1C(=O)O. The van der Waals surface area contributed by atoms with Gasteiger partial charge in [-0.1, -0.05) is 60.7 Å². The molecule has 0 saturated heterocycles. The fraction of sp³-hybridized carbons (Fsp3) is 0.150. The lowest BCUT2D eigenvalue weighted by Crippen LogP contribution is -2.08. The third kappa shape index (κ3) is 4.25. The number of aromatic nitrogens is 2. The number of carboxylic acids is 1. The smallest absolute Gasteiger partial charge is 0.340 e. The third-order valence-electron chi connectivity index (χ3n) is 3.77. The molecular weight excluding hydrogens is 332 g/mol. The molecular formula is C20H18N2O2S. The molecule has 3 aromatic rings. The number of thioether (sulfide) groups is 1.